The van der Waals surface area contributed by atoms with E-state index < -0.39 is 0 Å². The molecule has 1 atom stereocenters. The maximum Gasteiger partial charge on any atom is 0.144 e. The molecule has 0 aromatic carbocycles. The second-order valence-electron chi connectivity index (χ2n) is 2.77. The number of allylic oxidation sites excluding steroid dienone is 2. The van der Waals surface area contributed by atoms with Crippen molar-refractivity contribution in [1.29, 1.82) is 0 Å². The number of hydrogen-bond acceptors (Lipinski definition) is 3. The number of aldehydes is 1. The molecule has 0 aromatic rings. The summed E-state index contributed by atoms with van der Waals surface area (Å²) in [5.41, 5.74) is 0. The molecule has 2 aliphatic heterocycles. The van der Waals surface area contributed by atoms with Crippen LogP contribution in [0.1, 0.15) is 0 Å². The fraction of sp³-hybridized carbons (Fsp3) is 0.375. The van der Waals surface area contributed by atoms with Crippen LogP contribution in [0.2, 0.25) is 0 Å². The quantitative estimate of drug-likeness (QED) is 0.528. The molecule has 0 amide bonds. The van der Waals surface area contributed by atoms with Crippen molar-refractivity contribution < 1.29 is 4.79 Å². The summed E-state index contributed by atoms with van der Waals surface area (Å²) in [7, 11) is 0. The zero-order valence-electron chi connectivity index (χ0n) is 6.16. The van der Waals surface area contributed by atoms with E-state index in [0.29, 0.717) is 0 Å². The van der Waals surface area contributed by atoms with Crippen molar-refractivity contribution in [3.05, 3.63) is 24.0 Å². The molecule has 0 aliphatic carbocycles. The molecule has 1 unspecified atom stereocenters. The lowest BCUT2D eigenvalue weighted by Gasteiger charge is -2.18. The normalized spacial score (nSPS) is 27.5. The summed E-state index contributed by atoms with van der Waals surface area (Å²) in [6.07, 6.45) is 7.04. The van der Waals surface area contributed by atoms with Crippen molar-refractivity contribution in [2.75, 3.05) is 13.1 Å². The molecule has 0 saturated carbocycles. The molecule has 2 aliphatic rings. The SMILES string of the molecule is O=CC1CN2CC=CC=C2N1. The monoisotopic (exact) mass is 150 g/mol. The van der Waals surface area contributed by atoms with E-state index in [9.17, 15) is 4.79 Å². The first kappa shape index (κ1) is 6.46. The molecule has 0 radical (unpaired) electrons. The highest BCUT2D eigenvalue weighted by Crippen LogP contribution is 2.13. The van der Waals surface area contributed by atoms with Gasteiger partial charge in [-0.25, -0.2) is 0 Å². The summed E-state index contributed by atoms with van der Waals surface area (Å²) in [5.74, 6) is 1.07. The van der Waals surface area contributed by atoms with Crippen molar-refractivity contribution in [2.45, 2.75) is 6.04 Å². The molecule has 2 rings (SSSR count). The van der Waals surface area contributed by atoms with Crippen LogP contribution in [-0.4, -0.2) is 30.3 Å². The molecule has 0 aromatic heterocycles. The van der Waals surface area contributed by atoms with Gasteiger partial charge < -0.3 is 15.0 Å². The Labute approximate surface area is 65.4 Å². The topological polar surface area (TPSA) is 32.3 Å². The van der Waals surface area contributed by atoms with Crippen LogP contribution in [0.4, 0.5) is 0 Å². The van der Waals surface area contributed by atoms with Gasteiger partial charge in [-0.15, -0.1) is 0 Å². The van der Waals surface area contributed by atoms with Crippen LogP contribution in [0.15, 0.2) is 24.0 Å². The predicted octanol–water partition coefficient (Wildman–Crippen LogP) is -0.130. The number of hydrogen-bond donors (Lipinski definition) is 1. The highest BCUT2D eigenvalue weighted by molar-refractivity contribution is 5.59. The van der Waals surface area contributed by atoms with Crippen LogP contribution >= 0.6 is 0 Å². The number of rotatable bonds is 1. The Bertz CT molecular complexity index is 232. The summed E-state index contributed by atoms with van der Waals surface area (Å²) >= 11 is 0. The van der Waals surface area contributed by atoms with Gasteiger partial charge in [-0.3, -0.25) is 0 Å². The maximum atomic E-state index is 10.4. The minimum absolute atomic E-state index is 0.0128. The van der Waals surface area contributed by atoms with Crippen molar-refractivity contribution in [3.63, 3.8) is 0 Å². The van der Waals surface area contributed by atoms with Gasteiger partial charge in [-0.2, -0.15) is 0 Å². The first-order valence-electron chi connectivity index (χ1n) is 3.74. The third-order valence-corrected chi connectivity index (χ3v) is 1.97. The number of nitrogens with zero attached hydrogens (tertiary/aromatic N) is 1. The van der Waals surface area contributed by atoms with E-state index in [2.05, 4.69) is 16.3 Å². The number of fused-ring (bicyclic) bond motifs is 1. The molecule has 1 fully saturated rings. The van der Waals surface area contributed by atoms with Crippen LogP contribution in [0.25, 0.3) is 0 Å². The van der Waals surface area contributed by atoms with Crippen molar-refractivity contribution in [1.82, 2.24) is 10.2 Å². The lowest BCUT2D eigenvalue weighted by molar-refractivity contribution is -0.109. The summed E-state index contributed by atoms with van der Waals surface area (Å²) < 4.78 is 0. The molecular weight excluding hydrogens is 140 g/mol. The molecule has 3 heteroatoms. The molecule has 58 valence electrons. The summed E-state index contributed by atoms with van der Waals surface area (Å²) in [4.78, 5) is 12.6. The van der Waals surface area contributed by atoms with Crippen molar-refractivity contribution in [3.8, 4) is 0 Å². The fourth-order valence-corrected chi connectivity index (χ4v) is 1.41. The van der Waals surface area contributed by atoms with Gasteiger partial charge in [0.2, 0.25) is 0 Å². The van der Waals surface area contributed by atoms with Gasteiger partial charge in [-0.1, -0.05) is 12.2 Å². The number of nitrogens with one attached hydrogen (secondary N) is 1. The summed E-state index contributed by atoms with van der Waals surface area (Å²) in [6, 6.07) is -0.0128. The van der Waals surface area contributed by atoms with Crippen LogP contribution in [0, 0.1) is 0 Å². The lowest BCUT2D eigenvalue weighted by atomic mass is 10.3. The van der Waals surface area contributed by atoms with Crippen molar-refractivity contribution in [2.24, 2.45) is 0 Å². The molecule has 0 spiro atoms. The predicted molar refractivity (Wildman–Crippen MR) is 41.8 cm³/mol. The zero-order chi connectivity index (χ0) is 7.68. The van der Waals surface area contributed by atoms with Gasteiger partial charge >= 0.3 is 0 Å². The highest BCUT2D eigenvalue weighted by atomic mass is 16.1. The fourth-order valence-electron chi connectivity index (χ4n) is 1.41. The standard InChI is InChI=1S/C8H10N2O/c11-6-7-5-10-4-2-1-3-8(10)9-7/h1-3,6-7,9H,4-5H2. The van der Waals surface area contributed by atoms with Crippen molar-refractivity contribution >= 4 is 6.29 Å². The number of carbonyl (C=O) groups excluding carboxylic acids is 1. The van der Waals surface area contributed by atoms with Gasteiger partial charge in [0.1, 0.15) is 18.1 Å². The number of carbonyl (C=O) groups is 1. The van der Waals surface area contributed by atoms with E-state index in [1.807, 2.05) is 12.2 Å². The van der Waals surface area contributed by atoms with E-state index in [1.54, 1.807) is 0 Å². The van der Waals surface area contributed by atoms with Crippen LogP contribution in [-0.2, 0) is 4.79 Å². The summed E-state index contributed by atoms with van der Waals surface area (Å²) in [5, 5.41) is 3.11. The smallest absolute Gasteiger partial charge is 0.144 e. The van der Waals surface area contributed by atoms with Crippen LogP contribution in [0.5, 0.6) is 0 Å². The minimum atomic E-state index is -0.0128. The van der Waals surface area contributed by atoms with E-state index in [4.69, 9.17) is 0 Å². The highest BCUT2D eigenvalue weighted by Gasteiger charge is 2.24. The van der Waals surface area contributed by atoms with E-state index in [1.165, 1.54) is 0 Å². The van der Waals surface area contributed by atoms with Gasteiger partial charge in [0.15, 0.2) is 0 Å². The first-order chi connectivity index (χ1) is 5.40. The minimum Gasteiger partial charge on any atom is -0.360 e. The van der Waals surface area contributed by atoms with Crippen LogP contribution in [0.3, 0.4) is 0 Å². The van der Waals surface area contributed by atoms with Gasteiger partial charge in [0.05, 0.1) is 0 Å². The third kappa shape index (κ3) is 1.02. The molecule has 3 nitrogen and oxygen atoms in total. The Kier molecular flexibility index (Phi) is 1.42. The van der Waals surface area contributed by atoms with E-state index in [-0.39, 0.29) is 6.04 Å². The molecule has 2 heterocycles. The Morgan fingerprint density at radius 2 is 2.64 bits per heavy atom. The average molecular weight is 150 g/mol. The average Bonchev–Trinajstić information content (AvgIpc) is 2.46. The Morgan fingerprint density at radius 1 is 1.73 bits per heavy atom. The largest absolute Gasteiger partial charge is 0.360 e. The van der Waals surface area contributed by atoms with E-state index in [0.717, 1.165) is 25.2 Å². The molecule has 1 N–H and O–H groups in total. The molecule has 11 heavy (non-hydrogen) atoms. The third-order valence-electron chi connectivity index (χ3n) is 1.97. The Balaban J connectivity index is 2.14. The summed E-state index contributed by atoms with van der Waals surface area (Å²) in [6.45, 7) is 1.73. The van der Waals surface area contributed by atoms with Gasteiger partial charge in [0, 0.05) is 13.1 Å². The van der Waals surface area contributed by atoms with Crippen LogP contribution < -0.4 is 5.32 Å². The Hall–Kier alpha value is -1.25. The zero-order valence-corrected chi connectivity index (χ0v) is 6.16. The lowest BCUT2D eigenvalue weighted by Crippen LogP contribution is -2.24. The molecule has 0 bridgehead atoms. The molecular formula is C8H10N2O. The molecule has 1 saturated heterocycles. The maximum absolute atomic E-state index is 10.4. The Morgan fingerprint density at radius 3 is 3.36 bits per heavy atom. The second-order valence-corrected chi connectivity index (χ2v) is 2.77. The van der Waals surface area contributed by atoms with Gasteiger partial charge in [0.25, 0.3) is 0 Å². The van der Waals surface area contributed by atoms with Gasteiger partial charge in [-0.05, 0) is 6.08 Å². The first-order valence-corrected chi connectivity index (χ1v) is 3.74. The van der Waals surface area contributed by atoms with E-state index >= 15 is 0 Å². The second kappa shape index (κ2) is 2.42.